The van der Waals surface area contributed by atoms with Gasteiger partial charge in [0.25, 0.3) is 5.56 Å². The van der Waals surface area contributed by atoms with Crippen molar-refractivity contribution in [1.82, 2.24) is 18.7 Å². The molecule has 4 rings (SSSR count). The molecular weight excluding hydrogens is 422 g/mol. The Hall–Kier alpha value is -4.02. The average molecular weight is 447 g/mol. The molecule has 0 aromatic carbocycles. The first-order valence-corrected chi connectivity index (χ1v) is 10.7. The van der Waals surface area contributed by atoms with Gasteiger partial charge in [0.1, 0.15) is 17.1 Å². The van der Waals surface area contributed by atoms with Gasteiger partial charge >= 0.3 is 5.69 Å². The summed E-state index contributed by atoms with van der Waals surface area (Å²) in [6.07, 6.45) is 3.23. The number of hydrogen-bond donors (Lipinski definition) is 2. The zero-order valence-electron chi connectivity index (χ0n) is 18.6. The number of nitrogens with two attached hydrogens (primary N) is 1. The summed E-state index contributed by atoms with van der Waals surface area (Å²) in [5.41, 5.74) is 5.88. The molecule has 10 nitrogen and oxygen atoms in total. The fourth-order valence-corrected chi connectivity index (χ4v) is 4.40. The van der Waals surface area contributed by atoms with E-state index in [0.29, 0.717) is 24.6 Å². The fourth-order valence-electron chi connectivity index (χ4n) is 4.40. The summed E-state index contributed by atoms with van der Waals surface area (Å²) in [6, 6.07) is 5.18. The van der Waals surface area contributed by atoms with Crippen molar-refractivity contribution < 1.29 is 5.11 Å². The third-order valence-corrected chi connectivity index (χ3v) is 5.98. The molecule has 0 aliphatic carbocycles. The first kappa shape index (κ1) is 22.2. The highest BCUT2D eigenvalue weighted by Crippen LogP contribution is 2.37. The molecule has 0 saturated carbocycles. The van der Waals surface area contributed by atoms with E-state index in [1.807, 2.05) is 11.0 Å². The Kier molecular flexibility index (Phi) is 5.95. The van der Waals surface area contributed by atoms with Gasteiger partial charge in [-0.3, -0.25) is 18.9 Å². The molecule has 1 aliphatic rings. The highest BCUT2D eigenvalue weighted by atomic mass is 16.3. The zero-order valence-corrected chi connectivity index (χ0v) is 18.6. The molecule has 0 amide bonds. The van der Waals surface area contributed by atoms with Gasteiger partial charge in [-0.1, -0.05) is 5.92 Å². The summed E-state index contributed by atoms with van der Waals surface area (Å²) >= 11 is 0. The minimum Gasteiger partial charge on any atom is -0.503 e. The number of nitrogens with zero attached hydrogens (tertiary/aromatic N) is 6. The Balaban J connectivity index is 2.00. The van der Waals surface area contributed by atoms with Gasteiger partial charge < -0.3 is 20.3 Å². The number of pyridine rings is 1. The van der Waals surface area contributed by atoms with Gasteiger partial charge in [-0.2, -0.15) is 5.26 Å². The average Bonchev–Trinajstić information content (AvgIpc) is 3.11. The van der Waals surface area contributed by atoms with Gasteiger partial charge in [-0.25, -0.2) is 4.79 Å². The molecule has 33 heavy (non-hydrogen) atoms. The van der Waals surface area contributed by atoms with Crippen LogP contribution in [0.25, 0.3) is 11.0 Å². The van der Waals surface area contributed by atoms with E-state index in [9.17, 15) is 20.0 Å². The Morgan fingerprint density at radius 3 is 2.79 bits per heavy atom. The van der Waals surface area contributed by atoms with Crippen LogP contribution in [0.5, 0.6) is 5.75 Å². The third kappa shape index (κ3) is 3.75. The summed E-state index contributed by atoms with van der Waals surface area (Å²) in [6.45, 7) is 2.87. The van der Waals surface area contributed by atoms with Gasteiger partial charge in [0.15, 0.2) is 11.6 Å². The molecule has 4 heterocycles. The topological polar surface area (TPSA) is 135 Å². The molecule has 170 valence electrons. The second kappa shape index (κ2) is 8.85. The highest BCUT2D eigenvalue weighted by molar-refractivity contribution is 5.90. The number of rotatable bonds is 4. The van der Waals surface area contributed by atoms with E-state index in [1.165, 1.54) is 17.8 Å². The van der Waals surface area contributed by atoms with Crippen LogP contribution in [0.2, 0.25) is 0 Å². The minimum absolute atomic E-state index is 0.0593. The van der Waals surface area contributed by atoms with Crippen molar-refractivity contribution in [2.24, 2.45) is 12.8 Å². The van der Waals surface area contributed by atoms with Crippen molar-refractivity contribution in [3.63, 3.8) is 0 Å². The number of anilines is 1. The first-order valence-electron chi connectivity index (χ1n) is 10.7. The molecular formula is C23H25N7O3. The van der Waals surface area contributed by atoms with E-state index in [2.05, 4.69) is 16.8 Å². The van der Waals surface area contributed by atoms with Crippen LogP contribution in [0.4, 0.5) is 5.82 Å². The molecule has 3 aromatic heterocycles. The summed E-state index contributed by atoms with van der Waals surface area (Å²) in [5.74, 6) is 6.08. The maximum atomic E-state index is 13.6. The highest BCUT2D eigenvalue weighted by Gasteiger charge is 2.29. The Labute approximate surface area is 190 Å². The normalized spacial score (nSPS) is 15.8. The fraction of sp³-hybridized carbons (Fsp3) is 0.391. The lowest BCUT2D eigenvalue weighted by atomic mass is 10.1. The number of hydrogen-bond acceptors (Lipinski definition) is 7. The van der Waals surface area contributed by atoms with E-state index in [-0.39, 0.29) is 41.5 Å². The quantitative estimate of drug-likeness (QED) is 0.555. The van der Waals surface area contributed by atoms with Gasteiger partial charge in [-0.15, -0.1) is 5.92 Å². The van der Waals surface area contributed by atoms with Crippen LogP contribution >= 0.6 is 0 Å². The summed E-state index contributed by atoms with van der Waals surface area (Å²) in [4.78, 5) is 32.9. The third-order valence-electron chi connectivity index (χ3n) is 5.98. The second-order valence-corrected chi connectivity index (χ2v) is 8.07. The van der Waals surface area contributed by atoms with Gasteiger partial charge in [-0.05, 0) is 31.9 Å². The molecule has 0 unspecified atom stereocenters. The predicted octanol–water partition coefficient (Wildman–Crippen LogP) is 0.473. The Bertz CT molecular complexity index is 1450. The minimum atomic E-state index is -0.613. The first-order chi connectivity index (χ1) is 15.9. The maximum Gasteiger partial charge on any atom is 0.331 e. The maximum absolute atomic E-state index is 13.6. The number of aryl methyl sites for hydroxylation is 1. The van der Waals surface area contributed by atoms with Crippen LogP contribution in [-0.4, -0.2) is 42.9 Å². The Morgan fingerprint density at radius 1 is 1.30 bits per heavy atom. The number of nitriles is 1. The van der Waals surface area contributed by atoms with Crippen LogP contribution in [0.15, 0.2) is 27.9 Å². The molecule has 0 bridgehead atoms. The van der Waals surface area contributed by atoms with Crippen molar-refractivity contribution >= 4 is 16.9 Å². The van der Waals surface area contributed by atoms with Crippen molar-refractivity contribution in [2.45, 2.75) is 38.9 Å². The summed E-state index contributed by atoms with van der Waals surface area (Å²) in [7, 11) is 1.51. The van der Waals surface area contributed by atoms with Gasteiger partial charge in [0, 0.05) is 32.4 Å². The molecule has 1 atom stereocenters. The standard InChI is InChI=1S/C23H25N7O3/c1-3-4-11-29-19-18(20(31)21(29)28-10-6-8-16(25)13-28)27(2)23(33)30(22(19)32)14-17-15(12-24)7-5-9-26-17/h5,7,9,16,31H,6,8,10-11,13-14,25H2,1-2H3/t16-/m1/s1. The smallest absolute Gasteiger partial charge is 0.331 e. The van der Waals surface area contributed by atoms with Crippen LogP contribution in [0.1, 0.15) is 31.0 Å². The molecule has 1 aliphatic heterocycles. The van der Waals surface area contributed by atoms with E-state index in [4.69, 9.17) is 5.73 Å². The number of fused-ring (bicyclic) bond motifs is 1. The van der Waals surface area contributed by atoms with Crippen LogP contribution < -0.4 is 21.9 Å². The largest absolute Gasteiger partial charge is 0.503 e. The molecule has 3 aromatic rings. The van der Waals surface area contributed by atoms with Crippen LogP contribution in [0.3, 0.4) is 0 Å². The lowest BCUT2D eigenvalue weighted by Crippen LogP contribution is -2.43. The SMILES string of the molecule is CC#CCn1c(N2CCC[C@@H](N)C2)c(O)c2c1c(=O)n(Cc1ncccc1C#N)c(=O)n2C. The van der Waals surface area contributed by atoms with Crippen LogP contribution in [0, 0.1) is 23.2 Å². The van der Waals surface area contributed by atoms with Gasteiger partial charge in [0.2, 0.25) is 0 Å². The van der Waals surface area contributed by atoms with Crippen molar-refractivity contribution in [1.29, 1.82) is 5.26 Å². The molecule has 3 N–H and O–H groups in total. The molecule has 1 fully saturated rings. The lowest BCUT2D eigenvalue weighted by molar-refractivity contribution is 0.458. The van der Waals surface area contributed by atoms with Gasteiger partial charge in [0.05, 0.1) is 24.3 Å². The zero-order chi connectivity index (χ0) is 23.7. The molecule has 0 radical (unpaired) electrons. The summed E-state index contributed by atoms with van der Waals surface area (Å²) < 4.78 is 3.94. The summed E-state index contributed by atoms with van der Waals surface area (Å²) in [5, 5.41) is 20.6. The van der Waals surface area contributed by atoms with Crippen molar-refractivity contribution in [3.05, 3.63) is 50.4 Å². The van der Waals surface area contributed by atoms with E-state index in [0.717, 1.165) is 17.4 Å². The van der Waals surface area contributed by atoms with E-state index >= 15 is 0 Å². The molecule has 10 heteroatoms. The van der Waals surface area contributed by atoms with Crippen LogP contribution in [-0.2, 0) is 20.1 Å². The number of aromatic nitrogens is 4. The monoisotopic (exact) mass is 447 g/mol. The number of aromatic hydroxyl groups is 1. The van der Waals surface area contributed by atoms with E-state index < -0.39 is 11.2 Å². The van der Waals surface area contributed by atoms with Crippen molar-refractivity contribution in [3.8, 4) is 23.7 Å². The lowest BCUT2D eigenvalue weighted by Gasteiger charge is -2.33. The Morgan fingerprint density at radius 2 is 2.09 bits per heavy atom. The van der Waals surface area contributed by atoms with E-state index in [1.54, 1.807) is 23.6 Å². The van der Waals surface area contributed by atoms with Crippen molar-refractivity contribution in [2.75, 3.05) is 18.0 Å². The molecule has 0 spiro atoms. The molecule has 1 saturated heterocycles. The predicted molar refractivity (Wildman–Crippen MR) is 124 cm³/mol. The second-order valence-electron chi connectivity index (χ2n) is 8.07. The number of piperidine rings is 1.